The molecule has 0 spiro atoms. The van der Waals surface area contributed by atoms with Gasteiger partial charge in [0.05, 0.1) is 18.2 Å². The van der Waals surface area contributed by atoms with E-state index in [4.69, 9.17) is 27.9 Å². The summed E-state index contributed by atoms with van der Waals surface area (Å²) >= 11 is 12.1. The lowest BCUT2D eigenvalue weighted by molar-refractivity contribution is 0.0276. The molecule has 2 rings (SSSR count). The van der Waals surface area contributed by atoms with Crippen LogP contribution in [0, 0.1) is 6.92 Å². The number of aryl methyl sites for hydroxylation is 1. The number of benzene rings is 1. The topological polar surface area (TPSA) is 42.4 Å². The van der Waals surface area contributed by atoms with E-state index in [0.29, 0.717) is 17.2 Å². The number of halogens is 2. The lowest BCUT2D eigenvalue weighted by atomic mass is 10.1. The van der Waals surface area contributed by atoms with Gasteiger partial charge >= 0.3 is 0 Å². The number of rotatable bonds is 5. The molecule has 20 heavy (non-hydrogen) atoms. The summed E-state index contributed by atoms with van der Waals surface area (Å²) in [6.45, 7) is 2.35. The van der Waals surface area contributed by atoms with Gasteiger partial charge in [-0.15, -0.1) is 0 Å². The van der Waals surface area contributed by atoms with Crippen LogP contribution in [0.1, 0.15) is 22.8 Å². The van der Waals surface area contributed by atoms with E-state index >= 15 is 0 Å². The summed E-state index contributed by atoms with van der Waals surface area (Å²) < 4.78 is 5.49. The molecule has 5 heteroatoms. The number of aliphatic hydroxyl groups excluding tert-OH is 1. The normalized spacial score (nSPS) is 12.4. The summed E-state index contributed by atoms with van der Waals surface area (Å²) in [4.78, 5) is 3.99. The van der Waals surface area contributed by atoms with Gasteiger partial charge in [0.25, 0.3) is 0 Å². The van der Waals surface area contributed by atoms with E-state index in [0.717, 1.165) is 11.1 Å². The third-order valence-corrected chi connectivity index (χ3v) is 3.70. The third kappa shape index (κ3) is 3.70. The molecule has 1 heterocycles. The maximum atomic E-state index is 10.2. The molecule has 3 nitrogen and oxygen atoms in total. The lowest BCUT2D eigenvalue weighted by Gasteiger charge is -2.15. The van der Waals surface area contributed by atoms with Crippen molar-refractivity contribution in [2.75, 3.05) is 6.61 Å². The third-order valence-electron chi connectivity index (χ3n) is 2.90. The van der Waals surface area contributed by atoms with Gasteiger partial charge in [-0.05, 0) is 18.1 Å². The Labute approximate surface area is 128 Å². The molecule has 1 N–H and O–H groups in total. The quantitative estimate of drug-likeness (QED) is 0.850. The molecule has 1 aromatic heterocycles. The summed E-state index contributed by atoms with van der Waals surface area (Å²) in [5, 5.41) is 10.8. The van der Waals surface area contributed by atoms with Crippen LogP contribution in [0.4, 0.5) is 0 Å². The van der Waals surface area contributed by atoms with Crippen LogP contribution in [-0.2, 0) is 11.3 Å². The van der Waals surface area contributed by atoms with Gasteiger partial charge in [0, 0.05) is 11.8 Å². The van der Waals surface area contributed by atoms with Crippen molar-refractivity contribution in [1.29, 1.82) is 0 Å². The largest absolute Gasteiger partial charge is 0.386 e. The number of hydrogen-bond donors (Lipinski definition) is 1. The van der Waals surface area contributed by atoms with Gasteiger partial charge in [0.15, 0.2) is 0 Å². The summed E-state index contributed by atoms with van der Waals surface area (Å²) in [5.74, 6) is 0. The first-order valence-corrected chi connectivity index (χ1v) is 6.95. The van der Waals surface area contributed by atoms with E-state index in [9.17, 15) is 5.11 Å². The number of aliphatic hydroxyl groups is 1. The summed E-state index contributed by atoms with van der Waals surface area (Å²) in [7, 11) is 0. The molecule has 0 amide bonds. The first-order valence-electron chi connectivity index (χ1n) is 6.20. The Bertz CT molecular complexity index is 576. The standard InChI is InChI=1S/C15H15Cl2NO2/c1-10-7-18-15(17)13(14(10)16)12(19)9-20-8-11-5-3-2-4-6-11/h2-7,12,19H,8-9H2,1H3. The number of pyridine rings is 1. The SMILES string of the molecule is Cc1cnc(Cl)c(C(O)COCc2ccccc2)c1Cl. The van der Waals surface area contributed by atoms with Crippen molar-refractivity contribution in [1.82, 2.24) is 4.98 Å². The van der Waals surface area contributed by atoms with Crippen LogP contribution in [0.25, 0.3) is 0 Å². The van der Waals surface area contributed by atoms with Crippen molar-refractivity contribution in [3.05, 3.63) is 63.4 Å². The smallest absolute Gasteiger partial charge is 0.136 e. The Morgan fingerprint density at radius 2 is 1.95 bits per heavy atom. The van der Waals surface area contributed by atoms with E-state index in [1.54, 1.807) is 6.20 Å². The van der Waals surface area contributed by atoms with E-state index in [2.05, 4.69) is 4.98 Å². The Kier molecular flexibility index (Phi) is 5.38. The molecule has 0 fully saturated rings. The zero-order valence-electron chi connectivity index (χ0n) is 11.0. The second kappa shape index (κ2) is 7.04. The second-order valence-corrected chi connectivity index (χ2v) is 5.21. The highest BCUT2D eigenvalue weighted by Gasteiger charge is 2.18. The maximum absolute atomic E-state index is 10.2. The minimum absolute atomic E-state index is 0.111. The van der Waals surface area contributed by atoms with Crippen LogP contribution in [0.15, 0.2) is 36.5 Å². The van der Waals surface area contributed by atoms with E-state index in [-0.39, 0.29) is 11.8 Å². The van der Waals surface area contributed by atoms with Crippen molar-refractivity contribution in [3.63, 3.8) is 0 Å². The average Bonchev–Trinajstić information content (AvgIpc) is 2.44. The molecule has 1 unspecified atom stereocenters. The van der Waals surface area contributed by atoms with Crippen molar-refractivity contribution in [2.24, 2.45) is 0 Å². The predicted octanol–water partition coefficient (Wildman–Crippen LogP) is 3.95. The molecule has 2 aromatic rings. The molecular formula is C15H15Cl2NO2. The fourth-order valence-corrected chi connectivity index (χ4v) is 2.39. The zero-order valence-corrected chi connectivity index (χ0v) is 12.5. The van der Waals surface area contributed by atoms with Gasteiger partial charge in [-0.2, -0.15) is 0 Å². The van der Waals surface area contributed by atoms with Gasteiger partial charge in [-0.1, -0.05) is 53.5 Å². The summed E-state index contributed by atoms with van der Waals surface area (Å²) in [6.07, 6.45) is 0.678. The van der Waals surface area contributed by atoms with Gasteiger partial charge in [0.1, 0.15) is 11.3 Å². The lowest BCUT2D eigenvalue weighted by Crippen LogP contribution is -2.09. The molecule has 0 aliphatic heterocycles. The molecule has 0 saturated carbocycles. The van der Waals surface area contributed by atoms with Gasteiger partial charge < -0.3 is 9.84 Å². The molecule has 0 aliphatic carbocycles. The van der Waals surface area contributed by atoms with E-state index < -0.39 is 6.10 Å². The molecule has 0 radical (unpaired) electrons. The minimum atomic E-state index is -0.897. The maximum Gasteiger partial charge on any atom is 0.136 e. The summed E-state index contributed by atoms with van der Waals surface area (Å²) in [6, 6.07) is 9.73. The van der Waals surface area contributed by atoms with Gasteiger partial charge in [-0.25, -0.2) is 4.98 Å². The fourth-order valence-electron chi connectivity index (χ4n) is 1.81. The van der Waals surface area contributed by atoms with Crippen molar-refractivity contribution in [2.45, 2.75) is 19.6 Å². The first kappa shape index (κ1) is 15.3. The highest BCUT2D eigenvalue weighted by Crippen LogP contribution is 2.31. The average molecular weight is 312 g/mol. The van der Waals surface area contributed by atoms with Gasteiger partial charge in [-0.3, -0.25) is 0 Å². The first-order chi connectivity index (χ1) is 9.59. The van der Waals surface area contributed by atoms with Crippen LogP contribution in [-0.4, -0.2) is 16.7 Å². The van der Waals surface area contributed by atoms with Crippen LogP contribution in [0.3, 0.4) is 0 Å². The van der Waals surface area contributed by atoms with Crippen molar-refractivity contribution in [3.8, 4) is 0 Å². The molecule has 1 atom stereocenters. The monoisotopic (exact) mass is 311 g/mol. The molecule has 1 aromatic carbocycles. The predicted molar refractivity (Wildman–Crippen MR) is 80.1 cm³/mol. The highest BCUT2D eigenvalue weighted by molar-refractivity contribution is 6.35. The fraction of sp³-hybridized carbons (Fsp3) is 0.267. The number of aromatic nitrogens is 1. The Hall–Kier alpha value is -1.13. The van der Waals surface area contributed by atoms with E-state index in [1.807, 2.05) is 37.3 Å². The second-order valence-electron chi connectivity index (χ2n) is 4.48. The Morgan fingerprint density at radius 3 is 2.65 bits per heavy atom. The summed E-state index contributed by atoms with van der Waals surface area (Å²) in [5.41, 5.74) is 2.23. The van der Waals surface area contributed by atoms with Crippen molar-refractivity contribution < 1.29 is 9.84 Å². The van der Waals surface area contributed by atoms with Crippen LogP contribution < -0.4 is 0 Å². The van der Waals surface area contributed by atoms with Crippen LogP contribution in [0.2, 0.25) is 10.2 Å². The van der Waals surface area contributed by atoms with E-state index in [1.165, 1.54) is 0 Å². The van der Waals surface area contributed by atoms with Crippen molar-refractivity contribution >= 4 is 23.2 Å². The van der Waals surface area contributed by atoms with Crippen LogP contribution in [0.5, 0.6) is 0 Å². The molecule has 106 valence electrons. The Balaban J connectivity index is 1.99. The number of nitrogens with zero attached hydrogens (tertiary/aromatic N) is 1. The molecule has 0 bridgehead atoms. The van der Waals surface area contributed by atoms with Crippen LogP contribution >= 0.6 is 23.2 Å². The molecule has 0 saturated heterocycles. The van der Waals surface area contributed by atoms with Gasteiger partial charge in [0.2, 0.25) is 0 Å². The zero-order chi connectivity index (χ0) is 14.5. The number of ether oxygens (including phenoxy) is 1. The number of hydrogen-bond acceptors (Lipinski definition) is 3. The minimum Gasteiger partial charge on any atom is -0.386 e. The highest BCUT2D eigenvalue weighted by atomic mass is 35.5. The molecular weight excluding hydrogens is 297 g/mol. The molecule has 0 aliphatic rings. The Morgan fingerprint density at radius 1 is 1.25 bits per heavy atom.